The minimum atomic E-state index is -0.984. The average Bonchev–Trinajstić information content (AvgIpc) is 2.52. The van der Waals surface area contributed by atoms with E-state index in [0.29, 0.717) is 12.4 Å². The second-order valence-electron chi connectivity index (χ2n) is 5.12. The van der Waals surface area contributed by atoms with Crippen LogP contribution < -0.4 is 11.1 Å². The molecule has 7 nitrogen and oxygen atoms in total. The molecule has 1 aromatic heterocycles. The third kappa shape index (κ3) is 5.44. The summed E-state index contributed by atoms with van der Waals surface area (Å²) in [5.74, 6) is -0.520. The number of carboxylic acids is 1. The normalized spacial score (nSPS) is 16.2. The van der Waals surface area contributed by atoms with Crippen molar-refractivity contribution < 1.29 is 14.6 Å². The zero-order valence-corrected chi connectivity index (χ0v) is 12.5. The molecule has 1 aromatic rings. The van der Waals surface area contributed by atoms with Crippen LogP contribution in [0.25, 0.3) is 6.08 Å². The van der Waals surface area contributed by atoms with Gasteiger partial charge in [0.25, 0.3) is 0 Å². The summed E-state index contributed by atoms with van der Waals surface area (Å²) in [6.45, 7) is 5.98. The van der Waals surface area contributed by atoms with E-state index in [9.17, 15) is 4.79 Å². The summed E-state index contributed by atoms with van der Waals surface area (Å²) in [4.78, 5) is 17.0. The molecule has 120 valence electrons. The van der Waals surface area contributed by atoms with E-state index in [4.69, 9.17) is 15.6 Å². The Kier molecular flexibility index (Phi) is 6.32. The number of nitrogen functional groups attached to an aromatic ring is 1. The molecular formula is C15H22N4O3. The number of nitrogens with one attached hydrogen (secondary N) is 1. The summed E-state index contributed by atoms with van der Waals surface area (Å²) in [5.41, 5.74) is 7.45. The smallest absolute Gasteiger partial charge is 0.328 e. The van der Waals surface area contributed by atoms with Crippen LogP contribution in [0.1, 0.15) is 11.1 Å². The third-order valence-electron chi connectivity index (χ3n) is 3.46. The molecule has 7 heteroatoms. The number of nitrogens with two attached hydrogens (primary N) is 1. The Morgan fingerprint density at radius 3 is 3.00 bits per heavy atom. The number of hydrogen-bond acceptors (Lipinski definition) is 6. The summed E-state index contributed by atoms with van der Waals surface area (Å²) < 4.78 is 5.31. The summed E-state index contributed by atoms with van der Waals surface area (Å²) in [6.07, 6.45) is 4.15. The van der Waals surface area contributed by atoms with Gasteiger partial charge in [0, 0.05) is 50.6 Å². The Bertz CT molecular complexity index is 528. The van der Waals surface area contributed by atoms with Gasteiger partial charge in [-0.3, -0.25) is 4.90 Å². The van der Waals surface area contributed by atoms with Crippen LogP contribution in [0.5, 0.6) is 0 Å². The van der Waals surface area contributed by atoms with Crippen molar-refractivity contribution in [2.45, 2.75) is 6.54 Å². The zero-order chi connectivity index (χ0) is 15.8. The second-order valence-corrected chi connectivity index (χ2v) is 5.12. The number of morpholine rings is 1. The predicted octanol–water partition coefficient (Wildman–Crippen LogP) is 0.183. The lowest BCUT2D eigenvalue weighted by atomic mass is 10.1. The first-order valence-electron chi connectivity index (χ1n) is 7.31. The highest BCUT2D eigenvalue weighted by Crippen LogP contribution is 2.12. The summed E-state index contributed by atoms with van der Waals surface area (Å²) in [5, 5.41) is 12.0. The van der Waals surface area contributed by atoms with E-state index in [1.165, 1.54) is 6.08 Å². The van der Waals surface area contributed by atoms with E-state index >= 15 is 0 Å². The number of carbonyl (C=O) groups is 1. The van der Waals surface area contributed by atoms with Gasteiger partial charge in [0.1, 0.15) is 5.82 Å². The summed E-state index contributed by atoms with van der Waals surface area (Å²) in [7, 11) is 0. The Morgan fingerprint density at radius 1 is 1.50 bits per heavy atom. The first-order chi connectivity index (χ1) is 10.6. The molecule has 0 spiro atoms. The van der Waals surface area contributed by atoms with Crippen molar-refractivity contribution in [3.8, 4) is 0 Å². The molecule has 22 heavy (non-hydrogen) atoms. The monoisotopic (exact) mass is 306 g/mol. The van der Waals surface area contributed by atoms with E-state index in [2.05, 4.69) is 15.2 Å². The SMILES string of the molecule is Nc1ncc(/C=C/C(=O)O)cc1CNCCN1CCOCC1. The van der Waals surface area contributed by atoms with Gasteiger partial charge in [-0.15, -0.1) is 0 Å². The van der Waals surface area contributed by atoms with Crippen LogP contribution in [0, 0.1) is 0 Å². The Balaban J connectivity index is 1.80. The van der Waals surface area contributed by atoms with Crippen molar-refractivity contribution in [3.05, 3.63) is 29.5 Å². The maximum atomic E-state index is 10.5. The van der Waals surface area contributed by atoms with E-state index in [1.807, 2.05) is 6.07 Å². The fourth-order valence-electron chi connectivity index (χ4n) is 2.22. The van der Waals surface area contributed by atoms with Gasteiger partial charge in [-0.05, 0) is 17.7 Å². The maximum Gasteiger partial charge on any atom is 0.328 e. The van der Waals surface area contributed by atoms with Gasteiger partial charge < -0.3 is 20.9 Å². The molecule has 1 aliphatic rings. The van der Waals surface area contributed by atoms with Crippen LogP contribution in [0.2, 0.25) is 0 Å². The van der Waals surface area contributed by atoms with Gasteiger partial charge in [-0.2, -0.15) is 0 Å². The van der Waals surface area contributed by atoms with Crippen LogP contribution in [-0.4, -0.2) is 60.4 Å². The van der Waals surface area contributed by atoms with Crippen molar-refractivity contribution in [1.29, 1.82) is 0 Å². The fourth-order valence-corrected chi connectivity index (χ4v) is 2.22. The molecule has 0 aliphatic carbocycles. The number of ether oxygens (including phenoxy) is 1. The van der Waals surface area contributed by atoms with E-state index in [1.54, 1.807) is 6.20 Å². The topological polar surface area (TPSA) is 101 Å². The number of anilines is 1. The van der Waals surface area contributed by atoms with Gasteiger partial charge in [0.2, 0.25) is 0 Å². The van der Waals surface area contributed by atoms with E-state index in [-0.39, 0.29) is 0 Å². The lowest BCUT2D eigenvalue weighted by molar-refractivity contribution is -0.131. The number of aliphatic carboxylic acids is 1. The van der Waals surface area contributed by atoms with Gasteiger partial charge in [0.05, 0.1) is 13.2 Å². The second kappa shape index (κ2) is 8.47. The molecule has 1 aliphatic heterocycles. The number of pyridine rings is 1. The van der Waals surface area contributed by atoms with Crippen LogP contribution in [0.4, 0.5) is 5.82 Å². The number of hydrogen-bond donors (Lipinski definition) is 3. The van der Waals surface area contributed by atoms with Gasteiger partial charge in [-0.25, -0.2) is 9.78 Å². The molecule has 0 unspecified atom stereocenters. The quantitative estimate of drug-likeness (QED) is 0.488. The standard InChI is InChI=1S/C15H22N4O3/c16-15-13(9-12(10-18-15)1-2-14(20)21)11-17-3-4-19-5-7-22-8-6-19/h1-2,9-10,17H,3-8,11H2,(H2,16,18)(H,20,21)/b2-1+. The van der Waals surface area contributed by atoms with Crippen LogP contribution in [-0.2, 0) is 16.1 Å². The highest BCUT2D eigenvalue weighted by Gasteiger charge is 2.09. The van der Waals surface area contributed by atoms with Crippen LogP contribution >= 0.6 is 0 Å². The highest BCUT2D eigenvalue weighted by molar-refractivity contribution is 5.85. The number of nitrogens with zero attached hydrogens (tertiary/aromatic N) is 2. The molecule has 0 saturated carbocycles. The Hall–Kier alpha value is -1.96. The average molecular weight is 306 g/mol. The number of aromatic nitrogens is 1. The van der Waals surface area contributed by atoms with Crippen molar-refractivity contribution in [1.82, 2.24) is 15.2 Å². The van der Waals surface area contributed by atoms with Crippen molar-refractivity contribution in [2.24, 2.45) is 0 Å². The lowest BCUT2D eigenvalue weighted by Crippen LogP contribution is -2.40. The minimum Gasteiger partial charge on any atom is -0.478 e. The molecule has 1 fully saturated rings. The van der Waals surface area contributed by atoms with Crippen LogP contribution in [0.3, 0.4) is 0 Å². The fraction of sp³-hybridized carbons (Fsp3) is 0.467. The highest BCUT2D eigenvalue weighted by atomic mass is 16.5. The number of rotatable bonds is 7. The third-order valence-corrected chi connectivity index (χ3v) is 3.46. The predicted molar refractivity (Wildman–Crippen MR) is 84.3 cm³/mol. The van der Waals surface area contributed by atoms with E-state index < -0.39 is 5.97 Å². The lowest BCUT2D eigenvalue weighted by Gasteiger charge is -2.26. The van der Waals surface area contributed by atoms with Crippen molar-refractivity contribution in [2.75, 3.05) is 45.1 Å². The summed E-state index contributed by atoms with van der Waals surface area (Å²) in [6, 6.07) is 1.85. The number of carboxylic acid groups (broad SMARTS) is 1. The minimum absolute atomic E-state index is 0.464. The van der Waals surface area contributed by atoms with Crippen molar-refractivity contribution >= 4 is 17.9 Å². The molecule has 0 aromatic carbocycles. The summed E-state index contributed by atoms with van der Waals surface area (Å²) >= 11 is 0. The van der Waals surface area contributed by atoms with Gasteiger partial charge >= 0.3 is 5.97 Å². The molecule has 0 bridgehead atoms. The largest absolute Gasteiger partial charge is 0.478 e. The Labute approximate surface area is 129 Å². The molecule has 4 N–H and O–H groups in total. The molecule has 0 radical (unpaired) electrons. The Morgan fingerprint density at radius 2 is 2.27 bits per heavy atom. The maximum absolute atomic E-state index is 10.5. The first-order valence-corrected chi connectivity index (χ1v) is 7.31. The van der Waals surface area contributed by atoms with Crippen LogP contribution in [0.15, 0.2) is 18.3 Å². The molecule has 0 amide bonds. The van der Waals surface area contributed by atoms with Gasteiger partial charge in [-0.1, -0.05) is 0 Å². The van der Waals surface area contributed by atoms with E-state index in [0.717, 1.165) is 56.6 Å². The van der Waals surface area contributed by atoms with Gasteiger partial charge in [0.15, 0.2) is 0 Å². The molecule has 2 heterocycles. The molecule has 0 atom stereocenters. The molecular weight excluding hydrogens is 284 g/mol. The molecule has 2 rings (SSSR count). The zero-order valence-electron chi connectivity index (χ0n) is 12.5. The molecule has 1 saturated heterocycles. The van der Waals surface area contributed by atoms with Crippen molar-refractivity contribution in [3.63, 3.8) is 0 Å². The first kappa shape index (κ1) is 16.4.